The molecule has 5 rings (SSSR count). The lowest BCUT2D eigenvalue weighted by Gasteiger charge is -2.07. The lowest BCUT2D eigenvalue weighted by Crippen LogP contribution is -2.17. The number of amidine groups is 1. The average molecular weight is 482 g/mol. The molecule has 0 spiro atoms. The van der Waals surface area contributed by atoms with Gasteiger partial charge in [0.25, 0.3) is 5.56 Å². The summed E-state index contributed by atoms with van der Waals surface area (Å²) in [6.45, 7) is 3.81. The zero-order chi connectivity index (χ0) is 24.4. The van der Waals surface area contributed by atoms with E-state index in [4.69, 9.17) is 14.7 Å². The third kappa shape index (κ3) is 4.69. The highest BCUT2D eigenvalue weighted by Crippen LogP contribution is 2.20. The number of rotatable bonds is 4. The standard InChI is InChI=1S/C27H23N5O2S/c1-17-9-11-19(12-10-17)24(30-20-7-5-4-6-8-20)31-27-32(21-13-15-22(34-3)16-14-21)25-23(35-27)26(33)29-18(2)28-25/h4-16H,1-3H3,(H,28,29,33). The molecule has 0 atom stereocenters. The fraction of sp³-hybridized carbons (Fsp3) is 0.111. The molecule has 0 saturated carbocycles. The van der Waals surface area contributed by atoms with E-state index in [1.54, 1.807) is 14.0 Å². The molecular formula is C27H23N5O2S. The van der Waals surface area contributed by atoms with E-state index in [-0.39, 0.29) is 5.56 Å². The summed E-state index contributed by atoms with van der Waals surface area (Å²) in [5.41, 5.74) is 3.97. The van der Waals surface area contributed by atoms with E-state index < -0.39 is 0 Å². The number of nitrogens with one attached hydrogen (secondary N) is 1. The molecule has 0 fully saturated rings. The van der Waals surface area contributed by atoms with Gasteiger partial charge < -0.3 is 9.72 Å². The van der Waals surface area contributed by atoms with E-state index in [1.165, 1.54) is 11.3 Å². The van der Waals surface area contributed by atoms with Crippen LogP contribution in [0.5, 0.6) is 5.75 Å². The van der Waals surface area contributed by atoms with Crippen molar-refractivity contribution in [3.05, 3.63) is 111 Å². The van der Waals surface area contributed by atoms with Crippen molar-refractivity contribution in [2.45, 2.75) is 13.8 Å². The van der Waals surface area contributed by atoms with Gasteiger partial charge in [-0.2, -0.15) is 0 Å². The summed E-state index contributed by atoms with van der Waals surface area (Å²) in [5.74, 6) is 1.81. The smallest absolute Gasteiger partial charge is 0.270 e. The highest BCUT2D eigenvalue weighted by molar-refractivity contribution is 7.16. The normalized spacial score (nSPS) is 12.3. The number of aliphatic imine (C=N–C) groups is 1. The zero-order valence-corrected chi connectivity index (χ0v) is 20.3. The molecule has 0 radical (unpaired) electrons. The van der Waals surface area contributed by atoms with E-state index >= 15 is 0 Å². The summed E-state index contributed by atoms with van der Waals surface area (Å²) in [6.07, 6.45) is 0. The quantitative estimate of drug-likeness (QED) is 0.287. The summed E-state index contributed by atoms with van der Waals surface area (Å²) in [5, 5.41) is 0. The van der Waals surface area contributed by atoms with Crippen LogP contribution in [0, 0.1) is 13.8 Å². The summed E-state index contributed by atoms with van der Waals surface area (Å²) < 4.78 is 7.70. The predicted octanol–water partition coefficient (Wildman–Crippen LogP) is 5.08. The molecular weight excluding hydrogens is 458 g/mol. The second-order valence-electron chi connectivity index (χ2n) is 7.97. The Labute approximate surface area is 205 Å². The average Bonchev–Trinajstić information content (AvgIpc) is 3.23. The number of nitrogens with zero attached hydrogens (tertiary/aromatic N) is 4. The third-order valence-electron chi connectivity index (χ3n) is 5.41. The fourth-order valence-electron chi connectivity index (χ4n) is 3.64. The Kier molecular flexibility index (Phi) is 6.12. The summed E-state index contributed by atoms with van der Waals surface area (Å²) in [4.78, 5) is 30.6. The van der Waals surface area contributed by atoms with Gasteiger partial charge >= 0.3 is 0 Å². The van der Waals surface area contributed by atoms with Gasteiger partial charge in [-0.3, -0.25) is 9.36 Å². The molecule has 2 heterocycles. The predicted molar refractivity (Wildman–Crippen MR) is 140 cm³/mol. The second kappa shape index (κ2) is 9.52. The molecule has 35 heavy (non-hydrogen) atoms. The largest absolute Gasteiger partial charge is 0.497 e. The molecule has 0 aliphatic rings. The van der Waals surface area contributed by atoms with E-state index in [0.717, 1.165) is 28.3 Å². The van der Waals surface area contributed by atoms with Crippen LogP contribution < -0.4 is 15.1 Å². The van der Waals surface area contributed by atoms with Crippen molar-refractivity contribution in [3.8, 4) is 11.4 Å². The highest BCUT2D eigenvalue weighted by atomic mass is 32.1. The summed E-state index contributed by atoms with van der Waals surface area (Å²) in [7, 11) is 1.63. The fourth-order valence-corrected chi connectivity index (χ4v) is 4.61. The molecule has 8 heteroatoms. The third-order valence-corrected chi connectivity index (χ3v) is 6.44. The van der Waals surface area contributed by atoms with Gasteiger partial charge in [0, 0.05) is 5.56 Å². The molecule has 7 nitrogen and oxygen atoms in total. The number of hydrogen-bond acceptors (Lipinski definition) is 5. The van der Waals surface area contributed by atoms with Crippen molar-refractivity contribution in [1.29, 1.82) is 0 Å². The first kappa shape index (κ1) is 22.5. The van der Waals surface area contributed by atoms with Gasteiger partial charge in [-0.15, -0.1) is 0 Å². The SMILES string of the molecule is COc1ccc(-n2c(=NC(=Nc3ccccc3)c3ccc(C)cc3)sc3c(=O)[nH]c(C)nc32)cc1. The minimum Gasteiger partial charge on any atom is -0.497 e. The van der Waals surface area contributed by atoms with Gasteiger partial charge in [-0.25, -0.2) is 15.0 Å². The second-order valence-corrected chi connectivity index (χ2v) is 8.95. The van der Waals surface area contributed by atoms with Crippen LogP contribution in [-0.4, -0.2) is 27.5 Å². The van der Waals surface area contributed by atoms with Crippen molar-refractivity contribution in [3.63, 3.8) is 0 Å². The Balaban J connectivity index is 1.81. The maximum absolute atomic E-state index is 12.8. The van der Waals surface area contributed by atoms with Crippen LogP contribution in [-0.2, 0) is 0 Å². The number of hydrogen-bond donors (Lipinski definition) is 1. The van der Waals surface area contributed by atoms with E-state index in [9.17, 15) is 4.79 Å². The van der Waals surface area contributed by atoms with Crippen LogP contribution in [0.2, 0.25) is 0 Å². The number of fused-ring (bicyclic) bond motifs is 1. The van der Waals surface area contributed by atoms with Crippen LogP contribution in [0.1, 0.15) is 17.0 Å². The van der Waals surface area contributed by atoms with Gasteiger partial charge in [-0.1, -0.05) is 59.4 Å². The lowest BCUT2D eigenvalue weighted by atomic mass is 10.1. The van der Waals surface area contributed by atoms with E-state index in [0.29, 0.717) is 26.8 Å². The first-order chi connectivity index (χ1) is 17.0. The van der Waals surface area contributed by atoms with Gasteiger partial charge in [0.15, 0.2) is 16.3 Å². The number of aryl methyl sites for hydroxylation is 2. The van der Waals surface area contributed by atoms with E-state index in [1.807, 2.05) is 90.4 Å². The Morgan fingerprint density at radius 3 is 2.37 bits per heavy atom. The Morgan fingerprint density at radius 2 is 1.69 bits per heavy atom. The van der Waals surface area contributed by atoms with Crippen LogP contribution in [0.4, 0.5) is 5.69 Å². The van der Waals surface area contributed by atoms with Crippen LogP contribution in [0.25, 0.3) is 16.0 Å². The molecule has 0 saturated heterocycles. The van der Waals surface area contributed by atoms with Gasteiger partial charge in [0.05, 0.1) is 18.5 Å². The van der Waals surface area contributed by atoms with E-state index in [2.05, 4.69) is 9.97 Å². The number of para-hydroxylation sites is 1. The van der Waals surface area contributed by atoms with Crippen molar-refractivity contribution in [2.24, 2.45) is 9.98 Å². The van der Waals surface area contributed by atoms with Crippen molar-refractivity contribution >= 4 is 33.2 Å². The number of benzene rings is 3. The van der Waals surface area contributed by atoms with Crippen molar-refractivity contribution in [1.82, 2.24) is 14.5 Å². The molecule has 1 N–H and O–H groups in total. The minimum atomic E-state index is -0.196. The molecule has 0 unspecified atom stereocenters. The number of thiazole rings is 1. The molecule has 0 bridgehead atoms. The number of ether oxygens (including phenoxy) is 1. The minimum absolute atomic E-state index is 0.196. The highest BCUT2D eigenvalue weighted by Gasteiger charge is 2.15. The Bertz CT molecular complexity index is 1650. The van der Waals surface area contributed by atoms with Crippen molar-refractivity contribution in [2.75, 3.05) is 7.11 Å². The first-order valence-corrected chi connectivity index (χ1v) is 11.9. The molecule has 2 aromatic heterocycles. The summed E-state index contributed by atoms with van der Waals surface area (Å²) in [6, 6.07) is 25.3. The molecule has 5 aromatic rings. The maximum atomic E-state index is 12.8. The Morgan fingerprint density at radius 1 is 0.971 bits per heavy atom. The topological polar surface area (TPSA) is 84.6 Å². The molecule has 174 valence electrons. The maximum Gasteiger partial charge on any atom is 0.270 e. The Hall–Kier alpha value is -4.30. The summed E-state index contributed by atoms with van der Waals surface area (Å²) >= 11 is 1.28. The molecule has 3 aromatic carbocycles. The van der Waals surface area contributed by atoms with Crippen molar-refractivity contribution < 1.29 is 4.74 Å². The first-order valence-electron chi connectivity index (χ1n) is 11.0. The molecule has 0 aliphatic heterocycles. The van der Waals surface area contributed by atoms with Gasteiger partial charge in [-0.05, 0) is 50.2 Å². The number of aromatic amines is 1. The van der Waals surface area contributed by atoms with Gasteiger partial charge in [0.2, 0.25) is 0 Å². The van der Waals surface area contributed by atoms with Crippen LogP contribution >= 0.6 is 11.3 Å². The van der Waals surface area contributed by atoms with Gasteiger partial charge in [0.1, 0.15) is 16.3 Å². The number of H-pyrrole nitrogens is 1. The molecule has 0 amide bonds. The monoisotopic (exact) mass is 481 g/mol. The van der Waals surface area contributed by atoms with Crippen LogP contribution in [0.3, 0.4) is 0 Å². The lowest BCUT2D eigenvalue weighted by molar-refractivity contribution is 0.414. The number of methoxy groups -OCH3 is 1. The zero-order valence-electron chi connectivity index (χ0n) is 19.5. The van der Waals surface area contributed by atoms with Crippen LogP contribution in [0.15, 0.2) is 93.6 Å². The number of aromatic nitrogens is 3. The molecule has 0 aliphatic carbocycles.